The van der Waals surface area contributed by atoms with Crippen LogP contribution in [0.1, 0.15) is 6.92 Å². The summed E-state index contributed by atoms with van der Waals surface area (Å²) in [5.41, 5.74) is -0.441. The lowest BCUT2D eigenvalue weighted by atomic mass is 10.1. The van der Waals surface area contributed by atoms with Crippen molar-refractivity contribution in [2.45, 2.75) is 6.92 Å². The average Bonchev–Trinajstić information content (AvgIpc) is 2.61. The molecule has 0 saturated heterocycles. The first-order valence-electron chi connectivity index (χ1n) is 7.35. The van der Waals surface area contributed by atoms with E-state index in [9.17, 15) is 19.7 Å². The molecule has 9 nitrogen and oxygen atoms in total. The summed E-state index contributed by atoms with van der Waals surface area (Å²) < 4.78 is 15.0. The second kappa shape index (κ2) is 6.63. The molecule has 0 saturated carbocycles. The number of nitro groups is 1. The smallest absolute Gasteiger partial charge is 0.347 e. The summed E-state index contributed by atoms with van der Waals surface area (Å²) in [6, 6.07) is 8.42. The van der Waals surface area contributed by atoms with E-state index in [2.05, 4.69) is 4.98 Å². The standard InChI is InChI=1S/C17H12N2O7/c1-9(20)25-11-4-5-13-12(8-11)17(21)26-16(18-13)10-3-6-15(24-2)14(7-10)19(22)23/h3-8H,1-2H3. The number of carbonyl (C=O) groups excluding carboxylic acids is 1. The maximum absolute atomic E-state index is 12.2. The van der Waals surface area contributed by atoms with Gasteiger partial charge in [-0.1, -0.05) is 0 Å². The molecule has 2 aromatic carbocycles. The Kier molecular flexibility index (Phi) is 4.36. The van der Waals surface area contributed by atoms with Crippen molar-refractivity contribution in [3.63, 3.8) is 0 Å². The van der Waals surface area contributed by atoms with Crippen molar-refractivity contribution in [3.05, 3.63) is 56.9 Å². The van der Waals surface area contributed by atoms with Gasteiger partial charge in [0.05, 0.1) is 22.9 Å². The van der Waals surface area contributed by atoms with Crippen LogP contribution in [0.5, 0.6) is 11.5 Å². The SMILES string of the molecule is COc1ccc(-c2nc3ccc(OC(C)=O)cc3c(=O)o2)cc1[N+](=O)[O-]. The van der Waals surface area contributed by atoms with Gasteiger partial charge in [0, 0.05) is 18.6 Å². The van der Waals surface area contributed by atoms with Gasteiger partial charge in [0.1, 0.15) is 5.75 Å². The van der Waals surface area contributed by atoms with E-state index in [1.54, 1.807) is 0 Å². The van der Waals surface area contributed by atoms with Gasteiger partial charge >= 0.3 is 17.3 Å². The fourth-order valence-electron chi connectivity index (χ4n) is 2.37. The molecule has 0 fully saturated rings. The second-order valence-electron chi connectivity index (χ2n) is 5.22. The molecule has 0 aliphatic rings. The highest BCUT2D eigenvalue weighted by Crippen LogP contribution is 2.31. The second-order valence-corrected chi connectivity index (χ2v) is 5.22. The Morgan fingerprint density at radius 3 is 2.65 bits per heavy atom. The first-order chi connectivity index (χ1) is 12.4. The summed E-state index contributed by atoms with van der Waals surface area (Å²) >= 11 is 0. The van der Waals surface area contributed by atoms with Crippen LogP contribution in [0.2, 0.25) is 0 Å². The van der Waals surface area contributed by atoms with Gasteiger partial charge in [0.15, 0.2) is 5.75 Å². The van der Waals surface area contributed by atoms with Crippen molar-refractivity contribution < 1.29 is 23.6 Å². The number of carbonyl (C=O) groups is 1. The van der Waals surface area contributed by atoms with Crippen molar-refractivity contribution in [2.75, 3.05) is 7.11 Å². The van der Waals surface area contributed by atoms with E-state index in [4.69, 9.17) is 13.9 Å². The molecule has 0 amide bonds. The number of methoxy groups -OCH3 is 1. The van der Waals surface area contributed by atoms with E-state index in [-0.39, 0.29) is 34.0 Å². The number of rotatable bonds is 4. The van der Waals surface area contributed by atoms with Gasteiger partial charge in [-0.3, -0.25) is 14.9 Å². The van der Waals surface area contributed by atoms with Crippen molar-refractivity contribution in [2.24, 2.45) is 0 Å². The minimum absolute atomic E-state index is 0.0755. The van der Waals surface area contributed by atoms with E-state index in [0.717, 1.165) is 0 Å². The number of hydrogen-bond donors (Lipinski definition) is 0. The van der Waals surface area contributed by atoms with Gasteiger partial charge in [0.25, 0.3) is 0 Å². The van der Waals surface area contributed by atoms with E-state index in [1.807, 2.05) is 0 Å². The van der Waals surface area contributed by atoms with Crippen molar-refractivity contribution >= 4 is 22.6 Å². The lowest BCUT2D eigenvalue weighted by Gasteiger charge is -2.06. The summed E-state index contributed by atoms with van der Waals surface area (Å²) in [5.74, 6) is -0.336. The molecular weight excluding hydrogens is 344 g/mol. The molecule has 0 N–H and O–H groups in total. The van der Waals surface area contributed by atoms with Crippen LogP contribution >= 0.6 is 0 Å². The first-order valence-corrected chi connectivity index (χ1v) is 7.35. The minimum Gasteiger partial charge on any atom is -0.490 e. The highest BCUT2D eigenvalue weighted by atomic mass is 16.6. The molecule has 1 aromatic heterocycles. The Bertz CT molecular complexity index is 1090. The van der Waals surface area contributed by atoms with Gasteiger partial charge in [0.2, 0.25) is 5.89 Å². The van der Waals surface area contributed by atoms with Crippen molar-refractivity contribution in [1.29, 1.82) is 0 Å². The van der Waals surface area contributed by atoms with Gasteiger partial charge in [-0.05, 0) is 30.3 Å². The molecule has 0 unspecified atom stereocenters. The monoisotopic (exact) mass is 356 g/mol. The summed E-state index contributed by atoms with van der Waals surface area (Å²) in [4.78, 5) is 38.0. The summed E-state index contributed by atoms with van der Waals surface area (Å²) in [7, 11) is 1.32. The van der Waals surface area contributed by atoms with Crippen LogP contribution in [-0.4, -0.2) is 23.0 Å². The fourth-order valence-corrected chi connectivity index (χ4v) is 2.37. The zero-order valence-corrected chi connectivity index (χ0v) is 13.7. The zero-order chi connectivity index (χ0) is 18.8. The van der Waals surface area contributed by atoms with Gasteiger partial charge in [-0.25, -0.2) is 9.78 Å². The minimum atomic E-state index is -0.711. The Morgan fingerprint density at radius 2 is 2.00 bits per heavy atom. The quantitative estimate of drug-likeness (QED) is 0.303. The lowest BCUT2D eigenvalue weighted by molar-refractivity contribution is -0.385. The summed E-state index contributed by atoms with van der Waals surface area (Å²) in [6.45, 7) is 1.24. The Hall–Kier alpha value is -3.75. The highest BCUT2D eigenvalue weighted by Gasteiger charge is 2.18. The Balaban J connectivity index is 2.12. The number of fused-ring (bicyclic) bond motifs is 1. The number of aromatic nitrogens is 1. The van der Waals surface area contributed by atoms with Gasteiger partial charge in [-0.15, -0.1) is 0 Å². The third-order valence-corrected chi connectivity index (χ3v) is 3.48. The number of nitrogens with zero attached hydrogens (tertiary/aromatic N) is 2. The summed E-state index contributed by atoms with van der Waals surface area (Å²) in [6.07, 6.45) is 0. The number of ether oxygens (including phenoxy) is 2. The maximum Gasteiger partial charge on any atom is 0.347 e. The highest BCUT2D eigenvalue weighted by molar-refractivity contribution is 5.81. The Morgan fingerprint density at radius 1 is 1.23 bits per heavy atom. The molecule has 3 aromatic rings. The topological polar surface area (TPSA) is 122 Å². The van der Waals surface area contributed by atoms with E-state index in [0.29, 0.717) is 5.52 Å². The maximum atomic E-state index is 12.2. The molecule has 0 bridgehead atoms. The predicted octanol–water partition coefficient (Wildman–Crippen LogP) is 2.70. The van der Waals surface area contributed by atoms with Crippen LogP contribution in [-0.2, 0) is 4.79 Å². The van der Waals surface area contributed by atoms with Crippen molar-refractivity contribution in [1.82, 2.24) is 4.98 Å². The van der Waals surface area contributed by atoms with Crippen LogP contribution in [0, 0.1) is 10.1 Å². The molecule has 26 heavy (non-hydrogen) atoms. The average molecular weight is 356 g/mol. The number of esters is 1. The molecule has 132 valence electrons. The van der Waals surface area contributed by atoms with E-state index in [1.165, 1.54) is 50.4 Å². The predicted molar refractivity (Wildman–Crippen MR) is 90.2 cm³/mol. The normalized spacial score (nSPS) is 10.5. The molecular formula is C17H12N2O7. The largest absolute Gasteiger partial charge is 0.490 e. The molecule has 9 heteroatoms. The van der Waals surface area contributed by atoms with E-state index >= 15 is 0 Å². The molecule has 0 atom stereocenters. The molecule has 3 rings (SSSR count). The third kappa shape index (κ3) is 3.22. The molecule has 0 aliphatic heterocycles. The van der Waals surface area contributed by atoms with Crippen LogP contribution in [0.25, 0.3) is 22.4 Å². The lowest BCUT2D eigenvalue weighted by Crippen LogP contribution is -2.05. The molecule has 1 heterocycles. The zero-order valence-electron chi connectivity index (χ0n) is 13.7. The third-order valence-electron chi connectivity index (χ3n) is 3.48. The molecule has 0 spiro atoms. The first kappa shape index (κ1) is 17.1. The number of benzene rings is 2. The van der Waals surface area contributed by atoms with Crippen LogP contribution < -0.4 is 15.1 Å². The number of nitro benzene ring substituents is 1. The van der Waals surface area contributed by atoms with E-state index < -0.39 is 16.5 Å². The van der Waals surface area contributed by atoms with Crippen molar-refractivity contribution in [3.8, 4) is 23.0 Å². The van der Waals surface area contributed by atoms with Crippen LogP contribution in [0.3, 0.4) is 0 Å². The van der Waals surface area contributed by atoms with Gasteiger partial charge in [-0.2, -0.15) is 0 Å². The van der Waals surface area contributed by atoms with Crippen LogP contribution in [0.4, 0.5) is 5.69 Å². The summed E-state index contributed by atoms with van der Waals surface area (Å²) in [5, 5.41) is 11.3. The molecule has 0 radical (unpaired) electrons. The number of hydrogen-bond acceptors (Lipinski definition) is 8. The molecule has 0 aliphatic carbocycles. The van der Waals surface area contributed by atoms with Crippen LogP contribution in [0.15, 0.2) is 45.6 Å². The Labute approximate surface area is 145 Å². The fraction of sp³-hybridized carbons (Fsp3) is 0.118. The van der Waals surface area contributed by atoms with Gasteiger partial charge < -0.3 is 13.9 Å².